The maximum absolute atomic E-state index is 11.8. The number of ether oxygens (including phenoxy) is 2. The Kier molecular flexibility index (Phi) is 6.80. The first-order chi connectivity index (χ1) is 17.4. The second kappa shape index (κ2) is 10.2. The van der Waals surface area contributed by atoms with Gasteiger partial charge in [-0.1, -0.05) is 0 Å². The molecule has 0 saturated carbocycles. The highest BCUT2D eigenvalue weighted by molar-refractivity contribution is 7.90. The zero-order valence-corrected chi connectivity index (χ0v) is 21.2. The molecule has 9 nitrogen and oxygen atoms in total. The number of sulfone groups is 1. The Balaban J connectivity index is 1.35. The Labute approximate surface area is 210 Å². The Hall–Kier alpha value is -3.63. The van der Waals surface area contributed by atoms with Crippen molar-refractivity contribution in [3.05, 3.63) is 60.9 Å². The van der Waals surface area contributed by atoms with Gasteiger partial charge in [0.25, 0.3) is 0 Å². The van der Waals surface area contributed by atoms with E-state index >= 15 is 0 Å². The van der Waals surface area contributed by atoms with Gasteiger partial charge in [-0.05, 0) is 68.4 Å². The van der Waals surface area contributed by atoms with Crippen LogP contribution in [0.1, 0.15) is 12.8 Å². The van der Waals surface area contributed by atoms with E-state index in [4.69, 9.17) is 14.5 Å². The number of rotatable bonds is 9. The largest absolute Gasteiger partial charge is 0.493 e. The van der Waals surface area contributed by atoms with Crippen LogP contribution in [0.3, 0.4) is 0 Å². The topological polar surface area (TPSA) is 98.6 Å². The highest BCUT2D eigenvalue weighted by Crippen LogP contribution is 2.31. The van der Waals surface area contributed by atoms with Crippen molar-refractivity contribution in [2.24, 2.45) is 0 Å². The van der Waals surface area contributed by atoms with Crippen molar-refractivity contribution < 1.29 is 17.9 Å². The van der Waals surface area contributed by atoms with Crippen LogP contribution in [0.4, 0.5) is 11.6 Å². The van der Waals surface area contributed by atoms with Gasteiger partial charge in [0, 0.05) is 48.0 Å². The van der Waals surface area contributed by atoms with E-state index in [1.807, 2.05) is 35.0 Å². The molecular formula is C26H29N5O4S. The summed E-state index contributed by atoms with van der Waals surface area (Å²) in [4.78, 5) is 11.8. The lowest BCUT2D eigenvalue weighted by Crippen LogP contribution is -2.25. The molecule has 2 aromatic heterocycles. The van der Waals surface area contributed by atoms with Crippen LogP contribution in [0.15, 0.2) is 65.8 Å². The second-order valence-corrected chi connectivity index (χ2v) is 10.8. The number of anilines is 2. The van der Waals surface area contributed by atoms with Gasteiger partial charge in [-0.15, -0.1) is 0 Å². The van der Waals surface area contributed by atoms with E-state index in [0.717, 1.165) is 36.4 Å². The van der Waals surface area contributed by atoms with Gasteiger partial charge in [0.2, 0.25) is 5.95 Å². The summed E-state index contributed by atoms with van der Waals surface area (Å²) in [5.74, 6) is 1.77. The lowest BCUT2D eigenvalue weighted by atomic mass is 10.2. The fourth-order valence-corrected chi connectivity index (χ4v) is 4.96. The summed E-state index contributed by atoms with van der Waals surface area (Å²) in [7, 11) is -1.63. The van der Waals surface area contributed by atoms with Crippen LogP contribution in [0.5, 0.6) is 11.5 Å². The third-order valence-electron chi connectivity index (χ3n) is 6.25. The van der Waals surface area contributed by atoms with Crippen molar-refractivity contribution in [3.8, 4) is 17.2 Å². The standard InChI is InChI=1S/C26H29N5O4S/c1-34-23-10-5-20(17-24(23)35-16-15-30-12-3-4-13-30)28-26-27-18-19-11-14-31(25(19)29-26)21-6-8-22(9-7-21)36(2,32)33/h5-11,14,17-18H,3-4,12-13,15-16H2,1-2H3,(H,27,28,29). The molecule has 0 amide bonds. The second-order valence-electron chi connectivity index (χ2n) is 8.81. The predicted octanol–water partition coefficient (Wildman–Crippen LogP) is 4.05. The van der Waals surface area contributed by atoms with Crippen LogP contribution in [0.2, 0.25) is 0 Å². The van der Waals surface area contributed by atoms with E-state index in [9.17, 15) is 8.42 Å². The van der Waals surface area contributed by atoms with E-state index in [2.05, 4.69) is 15.2 Å². The SMILES string of the molecule is COc1ccc(Nc2ncc3ccn(-c4ccc(S(C)(=O)=O)cc4)c3n2)cc1OCCN1CCCC1. The van der Waals surface area contributed by atoms with Crippen molar-refractivity contribution in [2.45, 2.75) is 17.7 Å². The molecule has 1 saturated heterocycles. The zero-order valence-electron chi connectivity index (χ0n) is 20.3. The molecule has 1 aliphatic heterocycles. The van der Waals surface area contributed by atoms with Gasteiger partial charge in [-0.25, -0.2) is 13.4 Å². The van der Waals surface area contributed by atoms with Crippen molar-refractivity contribution in [1.82, 2.24) is 19.4 Å². The van der Waals surface area contributed by atoms with Crippen molar-refractivity contribution in [2.75, 3.05) is 44.9 Å². The molecule has 0 spiro atoms. The van der Waals surface area contributed by atoms with E-state index in [1.54, 1.807) is 37.6 Å². The molecule has 36 heavy (non-hydrogen) atoms. The molecule has 0 radical (unpaired) electrons. The van der Waals surface area contributed by atoms with Crippen molar-refractivity contribution in [1.29, 1.82) is 0 Å². The maximum Gasteiger partial charge on any atom is 0.229 e. The number of aromatic nitrogens is 3. The van der Waals surface area contributed by atoms with E-state index < -0.39 is 9.84 Å². The number of nitrogens with zero attached hydrogens (tertiary/aromatic N) is 4. The first kappa shape index (κ1) is 24.1. The minimum atomic E-state index is -3.26. The molecule has 3 heterocycles. The molecule has 10 heteroatoms. The number of nitrogens with one attached hydrogen (secondary N) is 1. The van der Waals surface area contributed by atoms with Crippen molar-refractivity contribution in [3.63, 3.8) is 0 Å². The molecule has 0 atom stereocenters. The van der Waals surface area contributed by atoms with Crippen LogP contribution >= 0.6 is 0 Å². The van der Waals surface area contributed by atoms with Crippen LogP contribution in [0.25, 0.3) is 16.7 Å². The Morgan fingerprint density at radius 3 is 2.53 bits per heavy atom. The molecule has 4 aromatic rings. The number of methoxy groups -OCH3 is 1. The van der Waals surface area contributed by atoms with Gasteiger partial charge in [-0.2, -0.15) is 4.98 Å². The van der Waals surface area contributed by atoms with E-state index in [1.165, 1.54) is 19.1 Å². The fraction of sp³-hybridized carbons (Fsp3) is 0.308. The molecule has 0 bridgehead atoms. The predicted molar refractivity (Wildman–Crippen MR) is 139 cm³/mol. The maximum atomic E-state index is 11.8. The Morgan fingerprint density at radius 1 is 1.03 bits per heavy atom. The van der Waals surface area contributed by atoms with Gasteiger partial charge in [0.05, 0.1) is 12.0 Å². The first-order valence-corrected chi connectivity index (χ1v) is 13.7. The zero-order chi connectivity index (χ0) is 25.1. The Bertz CT molecular complexity index is 1460. The summed E-state index contributed by atoms with van der Waals surface area (Å²) in [6, 6.07) is 14.3. The molecule has 188 valence electrons. The summed E-state index contributed by atoms with van der Waals surface area (Å²) < 4.78 is 37.0. The first-order valence-electron chi connectivity index (χ1n) is 11.9. The summed E-state index contributed by atoms with van der Waals surface area (Å²) in [5, 5.41) is 4.12. The lowest BCUT2D eigenvalue weighted by molar-refractivity contribution is 0.230. The van der Waals surface area contributed by atoms with Crippen LogP contribution in [-0.2, 0) is 9.84 Å². The third kappa shape index (κ3) is 5.29. The fourth-order valence-electron chi connectivity index (χ4n) is 4.33. The summed E-state index contributed by atoms with van der Waals surface area (Å²) in [6.07, 6.45) is 7.34. The molecule has 0 aliphatic carbocycles. The van der Waals surface area contributed by atoms with Gasteiger partial charge >= 0.3 is 0 Å². The van der Waals surface area contributed by atoms with Gasteiger partial charge in [0.1, 0.15) is 12.3 Å². The molecule has 2 aromatic carbocycles. The molecule has 1 fully saturated rings. The highest BCUT2D eigenvalue weighted by Gasteiger charge is 2.14. The number of benzene rings is 2. The quantitative estimate of drug-likeness (QED) is 0.362. The molecule has 1 N–H and O–H groups in total. The van der Waals surface area contributed by atoms with Crippen molar-refractivity contribution >= 4 is 32.5 Å². The third-order valence-corrected chi connectivity index (χ3v) is 7.38. The summed E-state index contributed by atoms with van der Waals surface area (Å²) in [6.45, 7) is 3.74. The van der Waals surface area contributed by atoms with E-state index in [0.29, 0.717) is 29.7 Å². The van der Waals surface area contributed by atoms with Crippen LogP contribution < -0.4 is 14.8 Å². The lowest BCUT2D eigenvalue weighted by Gasteiger charge is -2.17. The van der Waals surface area contributed by atoms with Gasteiger partial charge < -0.3 is 19.4 Å². The number of hydrogen-bond acceptors (Lipinski definition) is 8. The molecule has 0 unspecified atom stereocenters. The van der Waals surface area contributed by atoms with E-state index in [-0.39, 0.29) is 4.90 Å². The van der Waals surface area contributed by atoms with Crippen LogP contribution in [0, 0.1) is 0 Å². The monoisotopic (exact) mass is 507 g/mol. The number of likely N-dealkylation sites (tertiary alicyclic amines) is 1. The minimum Gasteiger partial charge on any atom is -0.493 e. The average molecular weight is 508 g/mol. The molecule has 5 rings (SSSR count). The molecule has 1 aliphatic rings. The number of hydrogen-bond donors (Lipinski definition) is 1. The highest BCUT2D eigenvalue weighted by atomic mass is 32.2. The number of fused-ring (bicyclic) bond motifs is 1. The Morgan fingerprint density at radius 2 is 1.81 bits per heavy atom. The van der Waals surface area contributed by atoms with Crippen LogP contribution in [-0.4, -0.2) is 67.5 Å². The smallest absolute Gasteiger partial charge is 0.229 e. The van der Waals surface area contributed by atoms with Gasteiger partial charge in [-0.3, -0.25) is 4.90 Å². The van der Waals surface area contributed by atoms with Gasteiger partial charge in [0.15, 0.2) is 21.3 Å². The minimum absolute atomic E-state index is 0.276. The summed E-state index contributed by atoms with van der Waals surface area (Å²) >= 11 is 0. The normalized spacial score (nSPS) is 14.3. The average Bonchev–Trinajstić information content (AvgIpc) is 3.54. The summed E-state index contributed by atoms with van der Waals surface area (Å²) in [5.41, 5.74) is 2.29. The molecular weight excluding hydrogens is 478 g/mol.